The van der Waals surface area contributed by atoms with E-state index in [2.05, 4.69) is 14.8 Å². The molecule has 2 saturated heterocycles. The molecule has 7 rings (SSSR count). The van der Waals surface area contributed by atoms with Crippen molar-refractivity contribution in [2.24, 2.45) is 5.41 Å². The Kier molecular flexibility index (Phi) is 11.4. The number of hydrogen-bond acceptors (Lipinski definition) is 9. The first-order valence-corrected chi connectivity index (χ1v) is 18.8. The van der Waals surface area contributed by atoms with Crippen LogP contribution in [0.1, 0.15) is 54.8 Å². The SMILES string of the molecule is COc1cc(CN2CCC(CCCN3CCC(N(Cc4ccc(CO)o4)c4nc5ccccc5[nH]4)CC3)(Cc3ccc(F)cc3)C2=O)cc(OC)c1OC. The monoisotopic (exact) mass is 739 g/mol. The lowest BCUT2D eigenvalue weighted by atomic mass is 9.76. The van der Waals surface area contributed by atoms with Gasteiger partial charge in [0.15, 0.2) is 11.5 Å². The second-order valence-corrected chi connectivity index (χ2v) is 14.5. The summed E-state index contributed by atoms with van der Waals surface area (Å²) < 4.78 is 36.4. The molecule has 2 aromatic heterocycles. The van der Waals surface area contributed by atoms with E-state index in [1.807, 2.05) is 53.4 Å². The van der Waals surface area contributed by atoms with Crippen LogP contribution in [0.4, 0.5) is 10.3 Å². The van der Waals surface area contributed by atoms with Gasteiger partial charge in [0.05, 0.1) is 44.3 Å². The number of aromatic amines is 1. The Hall–Kier alpha value is -5.07. The third-order valence-corrected chi connectivity index (χ3v) is 11.1. The lowest BCUT2D eigenvalue weighted by molar-refractivity contribution is -0.137. The van der Waals surface area contributed by atoms with Crippen LogP contribution in [0.3, 0.4) is 0 Å². The summed E-state index contributed by atoms with van der Waals surface area (Å²) in [6.07, 6.45) is 4.81. The number of fused-ring (bicyclic) bond motifs is 1. The number of benzene rings is 3. The predicted octanol–water partition coefficient (Wildman–Crippen LogP) is 6.73. The molecule has 54 heavy (non-hydrogen) atoms. The summed E-state index contributed by atoms with van der Waals surface area (Å²) in [5, 5.41) is 9.58. The van der Waals surface area contributed by atoms with Crippen LogP contribution < -0.4 is 19.1 Å². The number of ether oxygens (including phenoxy) is 3. The fourth-order valence-electron chi connectivity index (χ4n) is 8.28. The third kappa shape index (κ3) is 8.05. The van der Waals surface area contributed by atoms with Crippen molar-refractivity contribution in [3.8, 4) is 17.2 Å². The molecule has 2 aliphatic rings. The molecule has 3 aromatic carbocycles. The zero-order chi connectivity index (χ0) is 37.7. The van der Waals surface area contributed by atoms with Gasteiger partial charge in [-0.1, -0.05) is 24.3 Å². The van der Waals surface area contributed by atoms with Crippen LogP contribution in [0.2, 0.25) is 0 Å². The van der Waals surface area contributed by atoms with Crippen molar-refractivity contribution in [2.75, 3.05) is 52.4 Å². The number of amides is 1. The van der Waals surface area contributed by atoms with Gasteiger partial charge in [0.1, 0.15) is 23.9 Å². The van der Waals surface area contributed by atoms with Crippen molar-refractivity contribution in [1.29, 1.82) is 0 Å². The number of nitrogens with zero attached hydrogens (tertiary/aromatic N) is 4. The number of aliphatic hydroxyl groups is 1. The largest absolute Gasteiger partial charge is 0.493 e. The molecule has 2 N–H and O–H groups in total. The van der Waals surface area contributed by atoms with Crippen LogP contribution in [-0.2, 0) is 30.9 Å². The number of para-hydroxylation sites is 2. The van der Waals surface area contributed by atoms with Crippen molar-refractivity contribution in [1.82, 2.24) is 19.8 Å². The first kappa shape index (κ1) is 37.3. The van der Waals surface area contributed by atoms with Gasteiger partial charge in [-0.2, -0.15) is 0 Å². The molecule has 0 bridgehead atoms. The molecule has 1 atom stereocenters. The van der Waals surface area contributed by atoms with Gasteiger partial charge in [0, 0.05) is 32.2 Å². The maximum Gasteiger partial charge on any atom is 0.229 e. The minimum absolute atomic E-state index is 0.128. The van der Waals surface area contributed by atoms with Crippen molar-refractivity contribution < 1.29 is 32.9 Å². The number of piperidine rings is 1. The molecule has 0 aliphatic carbocycles. The maximum atomic E-state index is 14.4. The number of aromatic nitrogens is 2. The molecule has 286 valence electrons. The van der Waals surface area contributed by atoms with Crippen LogP contribution in [0.5, 0.6) is 17.2 Å². The highest BCUT2D eigenvalue weighted by atomic mass is 19.1. The number of nitrogens with one attached hydrogen (secondary N) is 1. The molecule has 4 heterocycles. The fraction of sp³-hybridized carbons (Fsp3) is 0.429. The number of carbonyl (C=O) groups excluding carboxylic acids is 1. The summed E-state index contributed by atoms with van der Waals surface area (Å²) in [6, 6.07) is 22.4. The summed E-state index contributed by atoms with van der Waals surface area (Å²) in [6.45, 7) is 4.21. The van der Waals surface area contributed by atoms with E-state index in [-0.39, 0.29) is 24.4 Å². The predicted molar refractivity (Wildman–Crippen MR) is 204 cm³/mol. The van der Waals surface area contributed by atoms with Crippen molar-refractivity contribution in [3.05, 3.63) is 101 Å². The lowest BCUT2D eigenvalue weighted by Crippen LogP contribution is -2.45. The van der Waals surface area contributed by atoms with E-state index in [0.717, 1.165) is 85.6 Å². The highest BCUT2D eigenvalue weighted by Crippen LogP contribution is 2.43. The first-order chi connectivity index (χ1) is 26.3. The van der Waals surface area contributed by atoms with Crippen molar-refractivity contribution in [3.63, 3.8) is 0 Å². The molecule has 5 aromatic rings. The number of H-pyrrole nitrogens is 1. The molecule has 0 radical (unpaired) electrons. The number of likely N-dealkylation sites (tertiary alicyclic amines) is 2. The summed E-state index contributed by atoms with van der Waals surface area (Å²) in [7, 11) is 4.75. The standard InChI is InChI=1S/C42H50FN5O6/c1-51-37-23-30(24-38(52-2)39(37)53-3)26-47-22-18-42(40(47)50,25-29-9-11-31(43)12-10-29)17-6-19-46-20-15-32(16-21-46)48(27-33-13-14-34(28-49)54-33)41-44-35-7-4-5-8-36(35)45-41/h4-5,7-14,23-24,32,49H,6,15-22,25-28H2,1-3H3,(H,44,45). The quantitative estimate of drug-likeness (QED) is 0.114. The smallest absolute Gasteiger partial charge is 0.229 e. The molecule has 2 fully saturated rings. The van der Waals surface area contributed by atoms with E-state index in [1.54, 1.807) is 33.5 Å². The number of rotatable bonds is 16. The van der Waals surface area contributed by atoms with Crippen LogP contribution in [0.15, 0.2) is 77.2 Å². The lowest BCUT2D eigenvalue weighted by Gasteiger charge is -2.38. The molecule has 1 amide bonds. The Bertz CT molecular complexity index is 1960. The minimum Gasteiger partial charge on any atom is -0.493 e. The second-order valence-electron chi connectivity index (χ2n) is 14.5. The maximum absolute atomic E-state index is 14.4. The Labute approximate surface area is 315 Å². The minimum atomic E-state index is -0.578. The Balaban J connectivity index is 1.02. The third-order valence-electron chi connectivity index (χ3n) is 11.1. The zero-order valence-electron chi connectivity index (χ0n) is 31.4. The summed E-state index contributed by atoms with van der Waals surface area (Å²) in [4.78, 5) is 29.6. The average Bonchev–Trinajstić information content (AvgIpc) is 3.92. The van der Waals surface area contributed by atoms with Crippen LogP contribution >= 0.6 is 0 Å². The summed E-state index contributed by atoms with van der Waals surface area (Å²) in [5.41, 5.74) is 3.20. The van der Waals surface area contributed by atoms with Gasteiger partial charge in [-0.3, -0.25) is 4.79 Å². The van der Waals surface area contributed by atoms with Gasteiger partial charge in [-0.15, -0.1) is 0 Å². The van der Waals surface area contributed by atoms with Gasteiger partial charge >= 0.3 is 0 Å². The number of hydrogen-bond donors (Lipinski definition) is 2. The van der Waals surface area contributed by atoms with Crippen LogP contribution in [0.25, 0.3) is 11.0 Å². The van der Waals surface area contributed by atoms with Gasteiger partial charge in [0.25, 0.3) is 0 Å². The zero-order valence-corrected chi connectivity index (χ0v) is 31.4. The van der Waals surface area contributed by atoms with E-state index in [0.29, 0.717) is 49.1 Å². The van der Waals surface area contributed by atoms with Crippen LogP contribution in [-0.4, -0.2) is 84.3 Å². The van der Waals surface area contributed by atoms with Gasteiger partial charge in [-0.25, -0.2) is 9.37 Å². The molecule has 11 nitrogen and oxygen atoms in total. The molecule has 2 aliphatic heterocycles. The Morgan fingerprint density at radius 2 is 1.67 bits per heavy atom. The van der Waals surface area contributed by atoms with E-state index in [4.69, 9.17) is 23.6 Å². The fourth-order valence-corrected chi connectivity index (χ4v) is 8.28. The van der Waals surface area contributed by atoms with Gasteiger partial charge < -0.3 is 43.4 Å². The average molecular weight is 740 g/mol. The van der Waals surface area contributed by atoms with E-state index < -0.39 is 5.41 Å². The van der Waals surface area contributed by atoms with Crippen molar-refractivity contribution >= 4 is 22.9 Å². The van der Waals surface area contributed by atoms with E-state index >= 15 is 0 Å². The molecule has 1 unspecified atom stereocenters. The number of anilines is 1. The number of imidazole rings is 1. The van der Waals surface area contributed by atoms with Crippen molar-refractivity contribution in [2.45, 2.75) is 64.3 Å². The highest BCUT2D eigenvalue weighted by molar-refractivity contribution is 5.85. The first-order valence-electron chi connectivity index (χ1n) is 18.8. The molecule has 12 heteroatoms. The normalized spacial score (nSPS) is 18.1. The number of methoxy groups -OCH3 is 3. The molecular weight excluding hydrogens is 689 g/mol. The highest BCUT2D eigenvalue weighted by Gasteiger charge is 2.46. The number of aliphatic hydroxyl groups excluding tert-OH is 1. The van der Waals surface area contributed by atoms with Gasteiger partial charge in [0.2, 0.25) is 17.6 Å². The van der Waals surface area contributed by atoms with Gasteiger partial charge in [-0.05, 0) is 105 Å². The Morgan fingerprint density at radius 1 is 0.944 bits per heavy atom. The van der Waals surface area contributed by atoms with Crippen LogP contribution in [0, 0.1) is 11.2 Å². The number of carbonyl (C=O) groups is 1. The van der Waals surface area contributed by atoms with E-state index in [1.165, 1.54) is 12.1 Å². The summed E-state index contributed by atoms with van der Waals surface area (Å²) in [5.74, 6) is 3.62. The summed E-state index contributed by atoms with van der Waals surface area (Å²) >= 11 is 0. The number of furan rings is 1. The number of halogens is 1. The topological polar surface area (TPSA) is 117 Å². The molecule has 0 spiro atoms. The second kappa shape index (κ2) is 16.5. The van der Waals surface area contributed by atoms with E-state index in [9.17, 15) is 14.3 Å². The molecule has 0 saturated carbocycles. The Morgan fingerprint density at radius 3 is 2.33 bits per heavy atom. The molecular formula is C42H50FN5O6.